The Kier molecular flexibility index (Phi) is 3.96. The molecule has 3 aromatic rings. The highest BCUT2D eigenvalue weighted by molar-refractivity contribution is 7.80. The Morgan fingerprint density at radius 1 is 1.24 bits per heavy atom. The van der Waals surface area contributed by atoms with Crippen molar-refractivity contribution < 1.29 is 0 Å². The Hall–Kier alpha value is -2.21. The number of fused-ring (bicyclic) bond motifs is 1. The highest BCUT2D eigenvalue weighted by Crippen LogP contribution is 2.17. The van der Waals surface area contributed by atoms with Gasteiger partial charge in [-0.3, -0.25) is 0 Å². The molecule has 108 valence electrons. The Morgan fingerprint density at radius 2 is 2.10 bits per heavy atom. The fourth-order valence-electron chi connectivity index (χ4n) is 2.50. The van der Waals surface area contributed by atoms with Crippen molar-refractivity contribution in [3.05, 3.63) is 48.8 Å². The topological polar surface area (TPSA) is 61.7 Å². The molecule has 0 aliphatic carbocycles. The second-order valence-electron chi connectivity index (χ2n) is 4.97. The van der Waals surface area contributed by atoms with Gasteiger partial charge in [0.2, 0.25) is 0 Å². The molecule has 0 atom stereocenters. The zero-order valence-electron chi connectivity index (χ0n) is 11.6. The maximum absolute atomic E-state index is 5.69. The van der Waals surface area contributed by atoms with Crippen molar-refractivity contribution in [3.63, 3.8) is 0 Å². The van der Waals surface area contributed by atoms with Gasteiger partial charge in [-0.2, -0.15) is 0 Å². The third kappa shape index (κ3) is 3.11. The number of nitrogens with zero attached hydrogens (tertiary/aromatic N) is 4. The Bertz CT molecular complexity index is 745. The first kappa shape index (κ1) is 13.8. The van der Waals surface area contributed by atoms with Gasteiger partial charge in [0.1, 0.15) is 5.82 Å². The molecule has 0 unspecified atom stereocenters. The van der Waals surface area contributed by atoms with E-state index >= 15 is 0 Å². The first-order valence-electron chi connectivity index (χ1n) is 6.92. The van der Waals surface area contributed by atoms with Gasteiger partial charge in [0.15, 0.2) is 0 Å². The number of aromatic nitrogens is 4. The Labute approximate surface area is 128 Å². The average Bonchev–Trinajstić information content (AvgIpc) is 3.07. The standard InChI is InChI=1S/C15H17N5S/c16-14(21)10-15-18-12-4-1-2-5-13(12)20(15)8-3-7-19-9-6-17-11-19/h1-2,4-6,9,11H,3,7-8,10H2,(H2,16,21). The van der Waals surface area contributed by atoms with Crippen molar-refractivity contribution in [3.8, 4) is 0 Å². The molecule has 0 aliphatic heterocycles. The molecule has 0 bridgehead atoms. The molecule has 6 heteroatoms. The molecule has 2 aromatic heterocycles. The van der Waals surface area contributed by atoms with Crippen LogP contribution in [0.2, 0.25) is 0 Å². The summed E-state index contributed by atoms with van der Waals surface area (Å²) < 4.78 is 4.29. The number of imidazole rings is 2. The lowest BCUT2D eigenvalue weighted by Crippen LogP contribution is -2.16. The summed E-state index contributed by atoms with van der Waals surface area (Å²) in [5.74, 6) is 0.939. The number of thiocarbonyl (C=S) groups is 1. The second-order valence-corrected chi connectivity index (χ2v) is 5.49. The maximum Gasteiger partial charge on any atom is 0.116 e. The van der Waals surface area contributed by atoms with E-state index in [1.54, 1.807) is 6.20 Å². The van der Waals surface area contributed by atoms with E-state index in [1.165, 1.54) is 0 Å². The van der Waals surface area contributed by atoms with Crippen LogP contribution in [0.1, 0.15) is 12.2 Å². The van der Waals surface area contributed by atoms with E-state index in [1.807, 2.05) is 30.7 Å². The molecule has 3 rings (SSSR count). The highest BCUT2D eigenvalue weighted by Gasteiger charge is 2.10. The van der Waals surface area contributed by atoms with Crippen LogP contribution in [0.25, 0.3) is 11.0 Å². The predicted molar refractivity (Wildman–Crippen MR) is 87.1 cm³/mol. The van der Waals surface area contributed by atoms with Crippen LogP contribution in [0.4, 0.5) is 0 Å². The summed E-state index contributed by atoms with van der Waals surface area (Å²) >= 11 is 5.03. The molecule has 1 aromatic carbocycles. The average molecular weight is 299 g/mol. The third-order valence-electron chi connectivity index (χ3n) is 3.42. The lowest BCUT2D eigenvalue weighted by Gasteiger charge is -2.09. The van der Waals surface area contributed by atoms with E-state index < -0.39 is 0 Å². The van der Waals surface area contributed by atoms with E-state index in [0.29, 0.717) is 11.4 Å². The first-order chi connectivity index (χ1) is 10.2. The molecule has 0 radical (unpaired) electrons. The largest absolute Gasteiger partial charge is 0.393 e. The lowest BCUT2D eigenvalue weighted by atomic mass is 10.3. The molecule has 0 saturated heterocycles. The van der Waals surface area contributed by atoms with E-state index in [2.05, 4.69) is 25.2 Å². The monoisotopic (exact) mass is 299 g/mol. The zero-order chi connectivity index (χ0) is 14.7. The van der Waals surface area contributed by atoms with E-state index in [0.717, 1.165) is 36.4 Å². The summed E-state index contributed by atoms with van der Waals surface area (Å²) in [6, 6.07) is 8.13. The van der Waals surface area contributed by atoms with Gasteiger partial charge in [-0.1, -0.05) is 24.4 Å². The molecule has 21 heavy (non-hydrogen) atoms. The summed E-state index contributed by atoms with van der Waals surface area (Å²) in [4.78, 5) is 9.17. The van der Waals surface area contributed by atoms with Gasteiger partial charge in [0.25, 0.3) is 0 Å². The summed E-state index contributed by atoms with van der Waals surface area (Å²) in [5, 5.41) is 0. The number of hydrogen-bond acceptors (Lipinski definition) is 3. The van der Waals surface area contributed by atoms with Crippen molar-refractivity contribution in [1.82, 2.24) is 19.1 Å². The summed E-state index contributed by atoms with van der Waals surface area (Å²) in [7, 11) is 0. The van der Waals surface area contributed by atoms with E-state index in [-0.39, 0.29) is 0 Å². The van der Waals surface area contributed by atoms with Gasteiger partial charge in [-0.25, -0.2) is 9.97 Å². The minimum atomic E-state index is 0.473. The van der Waals surface area contributed by atoms with E-state index in [4.69, 9.17) is 18.0 Å². The molecule has 0 fully saturated rings. The first-order valence-corrected chi connectivity index (χ1v) is 7.33. The Morgan fingerprint density at radius 3 is 2.86 bits per heavy atom. The molecule has 2 N–H and O–H groups in total. The minimum absolute atomic E-state index is 0.473. The van der Waals surface area contributed by atoms with Crippen molar-refractivity contribution in [2.75, 3.05) is 0 Å². The maximum atomic E-state index is 5.69. The van der Waals surface area contributed by atoms with Crippen LogP contribution in [-0.4, -0.2) is 24.1 Å². The van der Waals surface area contributed by atoms with Crippen LogP contribution in [0, 0.1) is 0 Å². The molecule has 0 saturated carbocycles. The fourth-order valence-corrected chi connectivity index (χ4v) is 2.63. The number of aryl methyl sites for hydroxylation is 2. The fraction of sp³-hybridized carbons (Fsp3) is 0.267. The van der Waals surface area contributed by atoms with Crippen molar-refractivity contribution in [2.24, 2.45) is 5.73 Å². The van der Waals surface area contributed by atoms with Gasteiger partial charge in [0, 0.05) is 25.5 Å². The quantitative estimate of drug-likeness (QED) is 0.709. The molecule has 2 heterocycles. The van der Waals surface area contributed by atoms with Crippen LogP contribution in [0.15, 0.2) is 43.0 Å². The van der Waals surface area contributed by atoms with Gasteiger partial charge in [-0.15, -0.1) is 0 Å². The van der Waals surface area contributed by atoms with Crippen molar-refractivity contribution in [2.45, 2.75) is 25.9 Å². The van der Waals surface area contributed by atoms with Crippen LogP contribution in [0.3, 0.4) is 0 Å². The molecule has 0 amide bonds. The highest BCUT2D eigenvalue weighted by atomic mass is 32.1. The van der Waals surface area contributed by atoms with E-state index in [9.17, 15) is 0 Å². The molecular weight excluding hydrogens is 282 g/mol. The van der Waals surface area contributed by atoms with Crippen LogP contribution >= 0.6 is 12.2 Å². The Balaban J connectivity index is 1.82. The number of para-hydroxylation sites is 2. The van der Waals surface area contributed by atoms with Crippen LogP contribution in [-0.2, 0) is 19.5 Å². The molecule has 0 spiro atoms. The zero-order valence-corrected chi connectivity index (χ0v) is 12.5. The number of hydrogen-bond donors (Lipinski definition) is 1. The van der Waals surface area contributed by atoms with Gasteiger partial charge >= 0.3 is 0 Å². The van der Waals surface area contributed by atoms with Crippen molar-refractivity contribution in [1.29, 1.82) is 0 Å². The SMILES string of the molecule is NC(=S)Cc1nc2ccccc2n1CCCn1ccnc1. The second kappa shape index (κ2) is 6.05. The summed E-state index contributed by atoms with van der Waals surface area (Å²) in [6.45, 7) is 1.82. The number of nitrogens with two attached hydrogens (primary N) is 1. The predicted octanol–water partition coefficient (Wildman–Crippen LogP) is 2.15. The third-order valence-corrected chi connectivity index (χ3v) is 3.57. The van der Waals surface area contributed by atoms with Gasteiger partial charge < -0.3 is 14.9 Å². The smallest absolute Gasteiger partial charge is 0.116 e. The summed E-state index contributed by atoms with van der Waals surface area (Å²) in [6.07, 6.45) is 7.14. The summed E-state index contributed by atoms with van der Waals surface area (Å²) in [5.41, 5.74) is 7.81. The van der Waals surface area contributed by atoms with Gasteiger partial charge in [-0.05, 0) is 18.6 Å². The lowest BCUT2D eigenvalue weighted by molar-refractivity contribution is 0.561. The molecular formula is C15H17N5S. The van der Waals surface area contributed by atoms with Gasteiger partial charge in [0.05, 0.1) is 28.8 Å². The molecule has 5 nitrogen and oxygen atoms in total. The normalized spacial score (nSPS) is 11.0. The number of rotatable bonds is 6. The van der Waals surface area contributed by atoms with Crippen molar-refractivity contribution >= 4 is 28.2 Å². The molecule has 0 aliphatic rings. The number of benzene rings is 1. The van der Waals surface area contributed by atoms with Crippen LogP contribution in [0.5, 0.6) is 0 Å². The van der Waals surface area contributed by atoms with Crippen LogP contribution < -0.4 is 5.73 Å². The minimum Gasteiger partial charge on any atom is -0.393 e.